The molecule has 2 aliphatic carbocycles. The Kier molecular flexibility index (Phi) is 7.32. The van der Waals surface area contributed by atoms with E-state index in [1.54, 1.807) is 12.1 Å². The molecule has 4 aromatic rings. The van der Waals surface area contributed by atoms with Crippen LogP contribution >= 0.6 is 0 Å². The van der Waals surface area contributed by atoms with Crippen LogP contribution in [0.25, 0.3) is 22.6 Å². The van der Waals surface area contributed by atoms with E-state index in [0.29, 0.717) is 72.7 Å². The van der Waals surface area contributed by atoms with Gasteiger partial charge >= 0.3 is 6.18 Å². The molecule has 15 heteroatoms. The predicted octanol–water partition coefficient (Wildman–Crippen LogP) is 5.01. The molecule has 2 aliphatic rings. The second kappa shape index (κ2) is 10.9. The topological polar surface area (TPSA) is 148 Å². The van der Waals surface area contributed by atoms with Crippen LogP contribution in [0.3, 0.4) is 0 Å². The normalized spacial score (nSPS) is 21.0. The Bertz CT molecular complexity index is 1730. The molecule has 0 spiro atoms. The van der Waals surface area contributed by atoms with Crippen molar-refractivity contribution in [1.82, 2.24) is 29.1 Å². The number of hydrogen-bond donors (Lipinski definition) is 3. The standard InChI is InChI=1S/C28H29F3N8O3S/c1-27(40)9-6-19(7-10-27)36-23-12-25(34-15-21(23)22-5-2-18(14-33-22)28(29,30)31)37-24-8-11-32-26(38-24)17-13-35-39(16-17)43(41,42)20-3-4-20/h2,5,8,11-16,19-20,40H,3-4,6-7,9-10H2,1H3,(H2,32,34,36,37,38). The smallest absolute Gasteiger partial charge is 0.390 e. The van der Waals surface area contributed by atoms with E-state index in [1.807, 2.05) is 6.92 Å². The minimum atomic E-state index is -4.50. The van der Waals surface area contributed by atoms with E-state index in [4.69, 9.17) is 0 Å². The number of nitrogens with one attached hydrogen (secondary N) is 2. The third-order valence-corrected chi connectivity index (χ3v) is 9.66. The van der Waals surface area contributed by atoms with Gasteiger partial charge in [-0.15, -0.1) is 0 Å². The van der Waals surface area contributed by atoms with E-state index in [0.717, 1.165) is 16.4 Å². The quantitative estimate of drug-likeness (QED) is 0.248. The summed E-state index contributed by atoms with van der Waals surface area (Å²) in [4.78, 5) is 17.2. The number of hydrogen-bond acceptors (Lipinski definition) is 10. The maximum absolute atomic E-state index is 13.1. The molecule has 11 nitrogen and oxygen atoms in total. The zero-order valence-corrected chi connectivity index (χ0v) is 23.9. The molecule has 0 saturated heterocycles. The molecule has 4 heterocycles. The second-order valence-corrected chi connectivity index (χ2v) is 13.3. The Labute approximate surface area is 245 Å². The van der Waals surface area contributed by atoms with Gasteiger partial charge < -0.3 is 15.7 Å². The van der Waals surface area contributed by atoms with Crippen molar-refractivity contribution in [3.05, 3.63) is 60.8 Å². The largest absolute Gasteiger partial charge is 0.417 e. The molecule has 2 fully saturated rings. The molecule has 4 aromatic heterocycles. The molecule has 226 valence electrons. The third kappa shape index (κ3) is 6.46. The molecule has 3 N–H and O–H groups in total. The molecular formula is C28H29F3N8O3S. The van der Waals surface area contributed by atoms with E-state index >= 15 is 0 Å². The minimum absolute atomic E-state index is 0.0257. The van der Waals surface area contributed by atoms with Crippen molar-refractivity contribution in [2.75, 3.05) is 10.6 Å². The van der Waals surface area contributed by atoms with Gasteiger partial charge in [-0.1, -0.05) is 0 Å². The van der Waals surface area contributed by atoms with Gasteiger partial charge in [-0.25, -0.2) is 23.4 Å². The highest BCUT2D eigenvalue weighted by atomic mass is 32.2. The van der Waals surface area contributed by atoms with Gasteiger partial charge in [0.15, 0.2) is 5.82 Å². The summed E-state index contributed by atoms with van der Waals surface area (Å²) in [6.07, 6.45) is 5.98. The van der Waals surface area contributed by atoms with E-state index in [-0.39, 0.29) is 11.9 Å². The van der Waals surface area contributed by atoms with E-state index in [2.05, 4.69) is 35.7 Å². The average Bonchev–Trinajstić information content (AvgIpc) is 3.71. The molecule has 2 saturated carbocycles. The van der Waals surface area contributed by atoms with Crippen LogP contribution in [0, 0.1) is 0 Å². The summed E-state index contributed by atoms with van der Waals surface area (Å²) < 4.78 is 65.3. The highest BCUT2D eigenvalue weighted by Crippen LogP contribution is 2.36. The van der Waals surface area contributed by atoms with Crippen molar-refractivity contribution in [2.24, 2.45) is 0 Å². The fourth-order valence-electron chi connectivity index (χ4n) is 4.95. The zero-order chi connectivity index (χ0) is 30.4. The summed E-state index contributed by atoms with van der Waals surface area (Å²) in [5, 5.41) is 20.5. The number of rotatable bonds is 8. The summed E-state index contributed by atoms with van der Waals surface area (Å²) in [6.45, 7) is 1.81. The van der Waals surface area contributed by atoms with Crippen LogP contribution in [0.15, 0.2) is 55.2 Å². The Balaban J connectivity index is 1.27. The summed E-state index contributed by atoms with van der Waals surface area (Å²) in [7, 11) is -3.53. The summed E-state index contributed by atoms with van der Waals surface area (Å²) >= 11 is 0. The van der Waals surface area contributed by atoms with Crippen molar-refractivity contribution in [2.45, 2.75) is 68.5 Å². The first kappa shape index (κ1) is 29.0. The van der Waals surface area contributed by atoms with Crippen LogP contribution in [0.5, 0.6) is 0 Å². The molecule has 0 unspecified atom stereocenters. The SMILES string of the molecule is CC1(O)CCC(Nc2cc(Nc3ccnc(-c4cnn(S(=O)(=O)C5CC5)c4)n3)ncc2-c2ccc(C(F)(F)F)cn2)CC1. The number of anilines is 3. The van der Waals surface area contributed by atoms with Gasteiger partial charge in [-0.05, 0) is 63.6 Å². The predicted molar refractivity (Wildman–Crippen MR) is 153 cm³/mol. The summed E-state index contributed by atoms with van der Waals surface area (Å²) in [5.74, 6) is 1.05. The zero-order valence-electron chi connectivity index (χ0n) is 23.1. The fourth-order valence-corrected chi connectivity index (χ4v) is 6.43. The summed E-state index contributed by atoms with van der Waals surface area (Å²) in [5.41, 5.74) is 0.299. The van der Waals surface area contributed by atoms with Gasteiger partial charge in [0.25, 0.3) is 10.0 Å². The lowest BCUT2D eigenvalue weighted by atomic mass is 9.83. The molecule has 0 radical (unpaired) electrons. The lowest BCUT2D eigenvalue weighted by Gasteiger charge is -2.34. The maximum Gasteiger partial charge on any atom is 0.417 e. The van der Waals surface area contributed by atoms with E-state index in [1.165, 1.54) is 30.9 Å². The van der Waals surface area contributed by atoms with E-state index in [9.17, 15) is 26.7 Å². The highest BCUT2D eigenvalue weighted by molar-refractivity contribution is 7.90. The first-order valence-corrected chi connectivity index (χ1v) is 15.3. The molecular weight excluding hydrogens is 585 g/mol. The number of aromatic nitrogens is 6. The number of alkyl halides is 3. The highest BCUT2D eigenvalue weighted by Gasteiger charge is 2.38. The number of halogens is 3. The number of pyridine rings is 2. The molecule has 0 aromatic carbocycles. The van der Waals surface area contributed by atoms with Gasteiger partial charge in [-0.2, -0.15) is 22.4 Å². The van der Waals surface area contributed by atoms with Crippen LogP contribution in [0.1, 0.15) is 51.0 Å². The van der Waals surface area contributed by atoms with E-state index < -0.39 is 32.6 Å². The van der Waals surface area contributed by atoms with Gasteiger partial charge in [0, 0.05) is 41.9 Å². The molecule has 0 bridgehead atoms. The second-order valence-electron chi connectivity index (χ2n) is 11.2. The molecule has 0 amide bonds. The first-order valence-electron chi connectivity index (χ1n) is 13.8. The minimum Gasteiger partial charge on any atom is -0.390 e. The lowest BCUT2D eigenvalue weighted by Crippen LogP contribution is -2.35. The van der Waals surface area contributed by atoms with Crippen LogP contribution < -0.4 is 10.6 Å². The van der Waals surface area contributed by atoms with Crippen LogP contribution in [0.2, 0.25) is 0 Å². The number of nitrogens with zero attached hydrogens (tertiary/aromatic N) is 6. The molecule has 0 aliphatic heterocycles. The Hall–Kier alpha value is -4.11. The number of aliphatic hydroxyl groups is 1. The Morgan fingerprint density at radius 3 is 2.44 bits per heavy atom. The Morgan fingerprint density at radius 1 is 1.00 bits per heavy atom. The van der Waals surface area contributed by atoms with Crippen molar-refractivity contribution in [3.8, 4) is 22.6 Å². The van der Waals surface area contributed by atoms with Crippen molar-refractivity contribution in [3.63, 3.8) is 0 Å². The Morgan fingerprint density at radius 2 is 1.77 bits per heavy atom. The summed E-state index contributed by atoms with van der Waals surface area (Å²) in [6, 6.07) is 5.67. The molecule has 0 atom stereocenters. The lowest BCUT2D eigenvalue weighted by molar-refractivity contribution is -0.137. The van der Waals surface area contributed by atoms with Crippen LogP contribution in [0.4, 0.5) is 30.5 Å². The van der Waals surface area contributed by atoms with Gasteiger partial charge in [0.2, 0.25) is 0 Å². The van der Waals surface area contributed by atoms with Crippen LogP contribution in [-0.4, -0.2) is 59.5 Å². The fraction of sp³-hybridized carbons (Fsp3) is 0.393. The molecule has 6 rings (SSSR count). The van der Waals surface area contributed by atoms with Crippen molar-refractivity contribution in [1.29, 1.82) is 0 Å². The van der Waals surface area contributed by atoms with Crippen LogP contribution in [-0.2, 0) is 16.2 Å². The van der Waals surface area contributed by atoms with Gasteiger partial charge in [0.05, 0.1) is 40.1 Å². The maximum atomic E-state index is 13.1. The third-order valence-electron chi connectivity index (χ3n) is 7.63. The van der Waals surface area contributed by atoms with Crippen molar-refractivity contribution >= 4 is 27.3 Å². The first-order chi connectivity index (χ1) is 20.4. The van der Waals surface area contributed by atoms with Gasteiger partial charge in [0.1, 0.15) is 11.6 Å². The molecule has 43 heavy (non-hydrogen) atoms. The van der Waals surface area contributed by atoms with Crippen molar-refractivity contribution < 1.29 is 26.7 Å². The average molecular weight is 615 g/mol. The van der Waals surface area contributed by atoms with Gasteiger partial charge in [-0.3, -0.25) is 4.98 Å². The monoisotopic (exact) mass is 614 g/mol.